The van der Waals surface area contributed by atoms with Gasteiger partial charge in [0.05, 0.1) is 30.1 Å². The topological polar surface area (TPSA) is 145 Å². The van der Waals surface area contributed by atoms with Crippen molar-refractivity contribution in [3.8, 4) is 0 Å². The van der Waals surface area contributed by atoms with E-state index >= 15 is 0 Å². The summed E-state index contributed by atoms with van der Waals surface area (Å²) in [6.07, 6.45) is -1.52. The zero-order valence-electron chi connectivity index (χ0n) is 10.0. The molecule has 0 aliphatic heterocycles. The van der Waals surface area contributed by atoms with E-state index in [9.17, 15) is 0 Å². The van der Waals surface area contributed by atoms with Crippen molar-refractivity contribution in [1.82, 2.24) is 10.8 Å². The molecule has 11 heteroatoms. The molecule has 1 saturated carbocycles. The second-order valence-electron chi connectivity index (χ2n) is 3.79. The molecule has 0 aromatic rings. The Balaban J connectivity index is 2.37. The summed E-state index contributed by atoms with van der Waals surface area (Å²) in [5.41, 5.74) is 0. The number of hydrogen-bond acceptors (Lipinski definition) is 11. The predicted octanol–water partition coefficient (Wildman–Crippen LogP) is -1.11. The Labute approximate surface area is 108 Å². The lowest BCUT2D eigenvalue weighted by Gasteiger charge is -2.20. The second-order valence-corrected chi connectivity index (χ2v) is 3.79. The molecule has 114 valence electrons. The molecule has 1 aliphatic rings. The summed E-state index contributed by atoms with van der Waals surface area (Å²) in [4.78, 5) is 9.20. The maximum absolute atomic E-state index is 8.58. The van der Waals surface area contributed by atoms with Crippen LogP contribution in [0, 0.1) is 0 Å². The number of hydrogen-bond donors (Lipinski definition) is 5. The van der Waals surface area contributed by atoms with Gasteiger partial charge in [0.25, 0.3) is 0 Å². The molecule has 1 fully saturated rings. The number of rotatable bonds is 9. The highest BCUT2D eigenvalue weighted by atomic mass is 17.1. The number of aliphatic hydroxyl groups excluding tert-OH is 1. The lowest BCUT2D eigenvalue weighted by atomic mass is 10.3. The van der Waals surface area contributed by atoms with Crippen LogP contribution >= 0.6 is 0 Å². The molecule has 0 heterocycles. The van der Waals surface area contributed by atoms with Crippen LogP contribution < -0.4 is 0 Å². The molecule has 0 aromatic heterocycles. The van der Waals surface area contributed by atoms with E-state index in [1.165, 1.54) is 0 Å². The molecule has 0 saturated heterocycles. The van der Waals surface area contributed by atoms with Crippen LogP contribution in [0.2, 0.25) is 0 Å². The smallest absolute Gasteiger partial charge is 0.143 e. The van der Waals surface area contributed by atoms with E-state index in [-0.39, 0.29) is 32.2 Å². The zero-order chi connectivity index (χ0) is 14.3. The van der Waals surface area contributed by atoms with E-state index in [0.717, 1.165) is 0 Å². The van der Waals surface area contributed by atoms with Gasteiger partial charge < -0.3 is 14.6 Å². The van der Waals surface area contributed by atoms with Crippen molar-refractivity contribution < 1.29 is 45.1 Å². The maximum atomic E-state index is 8.58. The third kappa shape index (κ3) is 6.51. The van der Waals surface area contributed by atoms with Crippen LogP contribution in [0.15, 0.2) is 0 Å². The fourth-order valence-electron chi connectivity index (χ4n) is 1.86. The summed E-state index contributed by atoms with van der Waals surface area (Å²) in [6.45, 7) is 0.0103. The average molecular weight is 286 g/mol. The molecule has 0 amide bonds. The van der Waals surface area contributed by atoms with E-state index < -0.39 is 29.8 Å². The number of aliphatic hydroxyl groups is 1. The SMILES string of the molecule is OCOCCOC1C[C@H](ON(O)O)[C@H](ON(O)O)C1. The Hall–Kier alpha value is -0.440. The van der Waals surface area contributed by atoms with Gasteiger partial charge in [-0.2, -0.15) is 0 Å². The zero-order valence-corrected chi connectivity index (χ0v) is 10.0. The molecule has 11 nitrogen and oxygen atoms in total. The van der Waals surface area contributed by atoms with Crippen LogP contribution in [-0.2, 0) is 19.1 Å². The van der Waals surface area contributed by atoms with E-state index in [4.69, 9.17) is 30.7 Å². The van der Waals surface area contributed by atoms with Crippen molar-refractivity contribution in [2.24, 2.45) is 0 Å². The highest BCUT2D eigenvalue weighted by Crippen LogP contribution is 2.28. The first kappa shape index (κ1) is 16.6. The van der Waals surface area contributed by atoms with Crippen LogP contribution in [-0.4, -0.2) is 75.0 Å². The van der Waals surface area contributed by atoms with Gasteiger partial charge in [-0.05, 0) is 0 Å². The van der Waals surface area contributed by atoms with Gasteiger partial charge in [0, 0.05) is 12.8 Å². The monoisotopic (exact) mass is 286 g/mol. The Morgan fingerprint density at radius 1 is 0.895 bits per heavy atom. The lowest BCUT2D eigenvalue weighted by Crippen LogP contribution is -2.35. The Morgan fingerprint density at radius 3 is 1.84 bits per heavy atom. The van der Waals surface area contributed by atoms with Gasteiger partial charge in [-0.3, -0.25) is 20.8 Å². The molecule has 0 aromatic carbocycles. The first-order valence-electron chi connectivity index (χ1n) is 5.52. The van der Waals surface area contributed by atoms with E-state index in [1.807, 2.05) is 0 Å². The molecule has 5 N–H and O–H groups in total. The molecule has 19 heavy (non-hydrogen) atoms. The standard InChI is InChI=1S/C8H18N2O9/c11-5-16-1-2-17-6-3-7(18-9(12)13)8(4-6)19-10(14)15/h6-8,11-15H,1-5H2/t6?,7-,8+. The van der Waals surface area contributed by atoms with Crippen molar-refractivity contribution in [2.45, 2.75) is 31.2 Å². The second kappa shape index (κ2) is 8.68. The summed E-state index contributed by atoms with van der Waals surface area (Å²) in [6, 6.07) is 0. The van der Waals surface area contributed by atoms with Crippen LogP contribution in [0.25, 0.3) is 0 Å². The van der Waals surface area contributed by atoms with Crippen molar-refractivity contribution in [3.05, 3.63) is 0 Å². The first-order valence-corrected chi connectivity index (χ1v) is 5.52. The average Bonchev–Trinajstić information content (AvgIpc) is 2.65. The van der Waals surface area contributed by atoms with Crippen LogP contribution in [0.1, 0.15) is 12.8 Å². The molecule has 1 aliphatic carbocycles. The molecule has 0 radical (unpaired) electrons. The molecule has 1 unspecified atom stereocenters. The fourth-order valence-corrected chi connectivity index (χ4v) is 1.86. The number of nitrogens with zero attached hydrogens (tertiary/aromatic N) is 2. The quantitative estimate of drug-likeness (QED) is 0.200. The van der Waals surface area contributed by atoms with Crippen molar-refractivity contribution in [2.75, 3.05) is 20.0 Å². The van der Waals surface area contributed by atoms with Crippen LogP contribution in [0.5, 0.6) is 0 Å². The maximum Gasteiger partial charge on any atom is 0.143 e. The van der Waals surface area contributed by atoms with Crippen molar-refractivity contribution in [1.29, 1.82) is 0 Å². The minimum atomic E-state index is -0.833. The minimum Gasteiger partial charge on any atom is -0.376 e. The lowest BCUT2D eigenvalue weighted by molar-refractivity contribution is -0.535. The van der Waals surface area contributed by atoms with E-state index in [2.05, 4.69) is 14.4 Å². The largest absolute Gasteiger partial charge is 0.376 e. The van der Waals surface area contributed by atoms with Crippen LogP contribution in [0.4, 0.5) is 0 Å². The number of ether oxygens (including phenoxy) is 2. The molecule has 1 rings (SSSR count). The molecular weight excluding hydrogens is 268 g/mol. The van der Waals surface area contributed by atoms with Gasteiger partial charge in [0.15, 0.2) is 0 Å². The van der Waals surface area contributed by atoms with Gasteiger partial charge in [-0.25, -0.2) is 9.68 Å². The molecular formula is C8H18N2O9. The van der Waals surface area contributed by atoms with Crippen molar-refractivity contribution >= 4 is 0 Å². The molecule has 0 bridgehead atoms. The third-order valence-corrected chi connectivity index (χ3v) is 2.54. The summed E-state index contributed by atoms with van der Waals surface area (Å²) in [5.74, 6) is 0. The van der Waals surface area contributed by atoms with Gasteiger partial charge in [-0.1, -0.05) is 0 Å². The summed E-state index contributed by atoms with van der Waals surface area (Å²) in [5, 5.41) is 41.8. The normalized spacial score (nSPS) is 27.6. The molecule has 3 atom stereocenters. The van der Waals surface area contributed by atoms with E-state index in [1.54, 1.807) is 0 Å². The summed E-state index contributed by atoms with van der Waals surface area (Å²) < 4.78 is 10.0. The Bertz CT molecular complexity index is 224. The van der Waals surface area contributed by atoms with Gasteiger partial charge in [-0.15, -0.1) is 0 Å². The highest BCUT2D eigenvalue weighted by Gasteiger charge is 2.39. The van der Waals surface area contributed by atoms with Gasteiger partial charge >= 0.3 is 0 Å². The Kier molecular flexibility index (Phi) is 7.59. The van der Waals surface area contributed by atoms with Gasteiger partial charge in [0.1, 0.15) is 19.0 Å². The highest BCUT2D eigenvalue weighted by molar-refractivity contribution is 4.85. The first-order chi connectivity index (χ1) is 9.02. The van der Waals surface area contributed by atoms with Gasteiger partial charge in [0.2, 0.25) is 0 Å². The van der Waals surface area contributed by atoms with Crippen LogP contribution in [0.3, 0.4) is 0 Å². The predicted molar refractivity (Wildman–Crippen MR) is 52.6 cm³/mol. The molecule has 0 spiro atoms. The summed E-state index contributed by atoms with van der Waals surface area (Å²) >= 11 is 0. The third-order valence-electron chi connectivity index (χ3n) is 2.54. The minimum absolute atomic E-state index is 0.197. The Morgan fingerprint density at radius 2 is 1.42 bits per heavy atom. The summed E-state index contributed by atoms with van der Waals surface area (Å²) in [7, 11) is 0. The fraction of sp³-hybridized carbons (Fsp3) is 1.00. The van der Waals surface area contributed by atoms with Crippen molar-refractivity contribution in [3.63, 3.8) is 0 Å². The van der Waals surface area contributed by atoms with E-state index in [0.29, 0.717) is 0 Å².